The van der Waals surface area contributed by atoms with Crippen LogP contribution in [0.25, 0.3) is 0 Å². The van der Waals surface area contributed by atoms with Gasteiger partial charge in [0.05, 0.1) is 36.5 Å². The van der Waals surface area contributed by atoms with Crippen LogP contribution in [0.2, 0.25) is 10.0 Å². The average molecular weight is 449 g/mol. The molecule has 0 fully saturated rings. The van der Waals surface area contributed by atoms with Gasteiger partial charge in [-0.05, 0) is 42.8 Å². The number of nitrogens with zero attached hydrogens (tertiary/aromatic N) is 3. The molecule has 0 bridgehead atoms. The number of methoxy groups -OCH3 is 2. The fourth-order valence-corrected chi connectivity index (χ4v) is 3.10. The first kappa shape index (κ1) is 21.6. The molecule has 3 aromatic rings. The molecule has 0 aliphatic rings. The van der Waals surface area contributed by atoms with Crippen molar-refractivity contribution in [1.82, 2.24) is 15.0 Å². The van der Waals surface area contributed by atoms with Crippen LogP contribution in [0.4, 0.5) is 5.69 Å². The molecule has 1 N–H and O–H groups in total. The van der Waals surface area contributed by atoms with Crippen molar-refractivity contribution in [1.29, 1.82) is 0 Å². The molecule has 0 aliphatic carbocycles. The van der Waals surface area contributed by atoms with E-state index in [1.165, 1.54) is 20.3 Å². The van der Waals surface area contributed by atoms with Crippen LogP contribution < -0.4 is 10.1 Å². The van der Waals surface area contributed by atoms with Crippen molar-refractivity contribution in [3.05, 3.63) is 69.0 Å². The van der Waals surface area contributed by atoms with Crippen LogP contribution in [0, 0.1) is 6.92 Å². The average Bonchev–Trinajstić information content (AvgIpc) is 3.10. The number of esters is 1. The maximum atomic E-state index is 12.7. The van der Waals surface area contributed by atoms with Gasteiger partial charge in [-0.25, -0.2) is 9.48 Å². The van der Waals surface area contributed by atoms with Crippen molar-refractivity contribution in [2.24, 2.45) is 0 Å². The van der Waals surface area contributed by atoms with Crippen molar-refractivity contribution >= 4 is 40.8 Å². The summed E-state index contributed by atoms with van der Waals surface area (Å²) in [5, 5.41) is 11.6. The highest BCUT2D eigenvalue weighted by Gasteiger charge is 2.19. The molecular weight excluding hydrogens is 431 g/mol. The summed E-state index contributed by atoms with van der Waals surface area (Å²) >= 11 is 12.0. The fourth-order valence-electron chi connectivity index (χ4n) is 2.78. The Bertz CT molecular complexity index is 1110. The molecular formula is C20H18Cl2N4O4. The Morgan fingerprint density at radius 3 is 2.53 bits per heavy atom. The molecule has 0 saturated carbocycles. The van der Waals surface area contributed by atoms with Crippen LogP contribution in [0.5, 0.6) is 5.75 Å². The number of anilines is 1. The van der Waals surface area contributed by atoms with E-state index in [4.69, 9.17) is 32.7 Å². The highest BCUT2D eigenvalue weighted by molar-refractivity contribution is 6.42. The predicted molar refractivity (Wildman–Crippen MR) is 113 cm³/mol. The van der Waals surface area contributed by atoms with E-state index < -0.39 is 11.9 Å². The molecule has 0 aliphatic heterocycles. The van der Waals surface area contributed by atoms with Crippen LogP contribution >= 0.6 is 23.2 Å². The Kier molecular flexibility index (Phi) is 6.59. The number of carbonyl (C=O) groups is 2. The van der Waals surface area contributed by atoms with Gasteiger partial charge in [0.25, 0.3) is 5.91 Å². The van der Waals surface area contributed by atoms with Gasteiger partial charge >= 0.3 is 5.97 Å². The van der Waals surface area contributed by atoms with E-state index >= 15 is 0 Å². The van der Waals surface area contributed by atoms with E-state index in [2.05, 4.69) is 15.6 Å². The van der Waals surface area contributed by atoms with Crippen molar-refractivity contribution in [3.63, 3.8) is 0 Å². The van der Waals surface area contributed by atoms with Crippen molar-refractivity contribution in [2.75, 3.05) is 19.5 Å². The number of nitrogens with one attached hydrogen (secondary N) is 1. The number of halogens is 2. The number of carbonyl (C=O) groups excluding carboxylic acids is 2. The lowest BCUT2D eigenvalue weighted by Crippen LogP contribution is -2.15. The molecule has 0 spiro atoms. The van der Waals surface area contributed by atoms with E-state index in [1.54, 1.807) is 35.9 Å². The molecule has 1 heterocycles. The minimum Gasteiger partial charge on any atom is -0.496 e. The lowest BCUT2D eigenvalue weighted by molar-refractivity contribution is 0.0597. The molecule has 0 radical (unpaired) electrons. The molecule has 2 aromatic carbocycles. The molecule has 30 heavy (non-hydrogen) atoms. The minimum atomic E-state index is -0.577. The minimum absolute atomic E-state index is 0.158. The summed E-state index contributed by atoms with van der Waals surface area (Å²) in [5.74, 6) is -0.704. The lowest BCUT2D eigenvalue weighted by Gasteiger charge is -2.10. The van der Waals surface area contributed by atoms with Gasteiger partial charge in [-0.3, -0.25) is 4.79 Å². The van der Waals surface area contributed by atoms with Crippen molar-refractivity contribution in [2.45, 2.75) is 13.5 Å². The number of ether oxygens (including phenoxy) is 2. The summed E-state index contributed by atoms with van der Waals surface area (Å²) in [6.07, 6.45) is 0. The van der Waals surface area contributed by atoms with Crippen molar-refractivity contribution in [3.8, 4) is 5.75 Å². The lowest BCUT2D eigenvalue weighted by atomic mass is 10.1. The van der Waals surface area contributed by atoms with Crippen LogP contribution in [-0.4, -0.2) is 41.1 Å². The third-order valence-corrected chi connectivity index (χ3v) is 5.12. The van der Waals surface area contributed by atoms with Gasteiger partial charge in [0.2, 0.25) is 0 Å². The zero-order chi connectivity index (χ0) is 21.8. The number of hydrogen-bond donors (Lipinski definition) is 1. The van der Waals surface area contributed by atoms with Gasteiger partial charge in [-0.1, -0.05) is 34.5 Å². The van der Waals surface area contributed by atoms with Gasteiger partial charge in [0.1, 0.15) is 11.3 Å². The number of hydrogen-bond acceptors (Lipinski definition) is 6. The van der Waals surface area contributed by atoms with E-state index in [0.29, 0.717) is 33.7 Å². The molecule has 3 rings (SSSR count). The third kappa shape index (κ3) is 4.55. The van der Waals surface area contributed by atoms with E-state index in [1.807, 2.05) is 6.07 Å². The van der Waals surface area contributed by atoms with Crippen LogP contribution in [0.15, 0.2) is 36.4 Å². The van der Waals surface area contributed by atoms with Gasteiger partial charge in [0, 0.05) is 5.69 Å². The maximum absolute atomic E-state index is 12.7. The quantitative estimate of drug-likeness (QED) is 0.572. The molecule has 1 amide bonds. The van der Waals surface area contributed by atoms with Gasteiger partial charge < -0.3 is 14.8 Å². The largest absolute Gasteiger partial charge is 0.496 e. The van der Waals surface area contributed by atoms with E-state index in [-0.39, 0.29) is 11.3 Å². The first-order valence-electron chi connectivity index (χ1n) is 8.75. The monoisotopic (exact) mass is 448 g/mol. The summed E-state index contributed by atoms with van der Waals surface area (Å²) in [4.78, 5) is 24.6. The van der Waals surface area contributed by atoms with Gasteiger partial charge in [0.15, 0.2) is 5.69 Å². The number of rotatable bonds is 6. The summed E-state index contributed by atoms with van der Waals surface area (Å²) in [7, 11) is 2.71. The second-order valence-electron chi connectivity index (χ2n) is 6.29. The molecule has 0 saturated heterocycles. The first-order valence-corrected chi connectivity index (χ1v) is 9.51. The second-order valence-corrected chi connectivity index (χ2v) is 7.10. The van der Waals surface area contributed by atoms with E-state index in [0.717, 1.165) is 5.56 Å². The maximum Gasteiger partial charge on any atom is 0.341 e. The van der Waals surface area contributed by atoms with Crippen molar-refractivity contribution < 1.29 is 19.1 Å². The van der Waals surface area contributed by atoms with Crippen LogP contribution in [0.3, 0.4) is 0 Å². The summed E-state index contributed by atoms with van der Waals surface area (Å²) in [6, 6.07) is 9.89. The molecule has 0 atom stereocenters. The smallest absolute Gasteiger partial charge is 0.341 e. The van der Waals surface area contributed by atoms with Gasteiger partial charge in [-0.15, -0.1) is 5.10 Å². The zero-order valence-electron chi connectivity index (χ0n) is 16.4. The Balaban J connectivity index is 1.80. The standard InChI is InChI=1S/C20H18Cl2N4O4/c1-11-18(24-25-26(11)10-12-4-6-15(21)16(22)8-12)19(27)23-13-5-7-17(29-2)14(9-13)20(28)30-3/h4-9H,10H2,1-3H3,(H,23,27). The molecule has 0 unspecified atom stereocenters. The predicted octanol–water partition coefficient (Wildman–Crippen LogP) is 3.99. The number of benzene rings is 2. The fraction of sp³-hybridized carbons (Fsp3) is 0.200. The zero-order valence-corrected chi connectivity index (χ0v) is 17.9. The summed E-state index contributed by atoms with van der Waals surface area (Å²) in [5.41, 5.74) is 2.17. The normalized spacial score (nSPS) is 10.6. The highest BCUT2D eigenvalue weighted by Crippen LogP contribution is 2.25. The molecule has 10 heteroatoms. The highest BCUT2D eigenvalue weighted by atomic mass is 35.5. The molecule has 8 nitrogen and oxygen atoms in total. The van der Waals surface area contributed by atoms with Gasteiger partial charge in [-0.2, -0.15) is 0 Å². The summed E-state index contributed by atoms with van der Waals surface area (Å²) < 4.78 is 11.5. The Morgan fingerprint density at radius 2 is 1.87 bits per heavy atom. The second kappa shape index (κ2) is 9.15. The van der Waals surface area contributed by atoms with E-state index in [9.17, 15) is 9.59 Å². The molecule has 156 valence electrons. The third-order valence-electron chi connectivity index (χ3n) is 4.38. The Labute approximate surface area is 182 Å². The SMILES string of the molecule is COC(=O)c1cc(NC(=O)c2nnn(Cc3ccc(Cl)c(Cl)c3)c2C)ccc1OC. The number of amides is 1. The van der Waals surface area contributed by atoms with Crippen LogP contribution in [0.1, 0.15) is 32.1 Å². The Hall–Kier alpha value is -3.10. The number of aromatic nitrogens is 3. The Morgan fingerprint density at radius 1 is 1.10 bits per heavy atom. The first-order chi connectivity index (χ1) is 14.3. The summed E-state index contributed by atoms with van der Waals surface area (Å²) in [6.45, 7) is 2.11. The molecule has 1 aromatic heterocycles. The van der Waals surface area contributed by atoms with Crippen LogP contribution in [-0.2, 0) is 11.3 Å². The topological polar surface area (TPSA) is 95.3 Å².